The summed E-state index contributed by atoms with van der Waals surface area (Å²) in [4.78, 5) is 26.4. The fourth-order valence-electron chi connectivity index (χ4n) is 2.29. The Labute approximate surface area is 153 Å². The van der Waals surface area contributed by atoms with Gasteiger partial charge in [0.2, 0.25) is 5.91 Å². The first-order valence-corrected chi connectivity index (χ1v) is 8.45. The number of carbonyl (C=O) groups is 2. The van der Waals surface area contributed by atoms with E-state index in [1.54, 1.807) is 12.1 Å². The lowest BCUT2D eigenvalue weighted by atomic mass is 10.1. The van der Waals surface area contributed by atoms with E-state index in [1.165, 1.54) is 36.5 Å². The third kappa shape index (κ3) is 3.98. The highest BCUT2D eigenvalue weighted by Gasteiger charge is 2.08. The average Bonchev–Trinajstić information content (AvgIpc) is 3.03. The van der Waals surface area contributed by atoms with Crippen LogP contribution >= 0.6 is 11.3 Å². The van der Waals surface area contributed by atoms with Crippen LogP contribution in [-0.2, 0) is 4.79 Å². The lowest BCUT2D eigenvalue weighted by Crippen LogP contribution is -2.05. The van der Waals surface area contributed by atoms with Gasteiger partial charge < -0.3 is 20.8 Å². The van der Waals surface area contributed by atoms with Crippen molar-refractivity contribution < 1.29 is 19.8 Å². The summed E-state index contributed by atoms with van der Waals surface area (Å²) >= 11 is 1.36. The van der Waals surface area contributed by atoms with Crippen LogP contribution in [0, 0.1) is 0 Å². The molecule has 26 heavy (non-hydrogen) atoms. The van der Waals surface area contributed by atoms with Gasteiger partial charge in [-0.2, -0.15) is 0 Å². The number of anilines is 3. The Kier molecular flexibility index (Phi) is 4.85. The molecule has 2 aromatic carbocycles. The van der Waals surface area contributed by atoms with E-state index in [0.29, 0.717) is 16.5 Å². The number of carboxylic acids is 1. The van der Waals surface area contributed by atoms with Crippen molar-refractivity contribution in [1.29, 1.82) is 0 Å². The van der Waals surface area contributed by atoms with Crippen LogP contribution in [0.15, 0.2) is 47.8 Å². The second-order valence-electron chi connectivity index (χ2n) is 5.44. The van der Waals surface area contributed by atoms with Crippen LogP contribution in [0.2, 0.25) is 0 Å². The van der Waals surface area contributed by atoms with Gasteiger partial charge in [0.05, 0.1) is 11.3 Å². The molecule has 0 atom stereocenters. The normalized spacial score (nSPS) is 10.3. The molecule has 7 nitrogen and oxygen atoms in total. The SMILES string of the molecule is CC(=O)Nc1ccc(-c2csc(Nc3ccc(C(=O)O)c([O-])c3)n2)cc1. The minimum absolute atomic E-state index is 0.135. The van der Waals surface area contributed by atoms with Crippen molar-refractivity contribution in [2.24, 2.45) is 0 Å². The van der Waals surface area contributed by atoms with E-state index < -0.39 is 11.7 Å². The Morgan fingerprint density at radius 3 is 2.42 bits per heavy atom. The lowest BCUT2D eigenvalue weighted by molar-refractivity contribution is -0.268. The number of hydrogen-bond acceptors (Lipinski definition) is 6. The van der Waals surface area contributed by atoms with Crippen LogP contribution in [0.1, 0.15) is 17.3 Å². The smallest absolute Gasteiger partial charge is 0.335 e. The molecular weight excluding hydrogens is 354 g/mol. The van der Waals surface area contributed by atoms with Gasteiger partial charge in [-0.1, -0.05) is 17.9 Å². The summed E-state index contributed by atoms with van der Waals surface area (Å²) in [5.74, 6) is -1.95. The third-order valence-electron chi connectivity index (χ3n) is 3.47. The number of thiazole rings is 1. The number of aromatic nitrogens is 1. The number of aromatic carboxylic acids is 1. The lowest BCUT2D eigenvalue weighted by Gasteiger charge is -2.12. The number of nitrogens with zero attached hydrogens (tertiary/aromatic N) is 1. The summed E-state index contributed by atoms with van der Waals surface area (Å²) in [6.07, 6.45) is 0. The molecule has 8 heteroatoms. The summed E-state index contributed by atoms with van der Waals surface area (Å²) < 4.78 is 0. The van der Waals surface area contributed by atoms with Gasteiger partial charge in [-0.25, -0.2) is 9.78 Å². The molecule has 132 valence electrons. The zero-order valence-electron chi connectivity index (χ0n) is 13.6. The molecule has 0 saturated heterocycles. The van der Waals surface area contributed by atoms with Gasteiger partial charge in [-0.3, -0.25) is 4.79 Å². The molecule has 0 aliphatic heterocycles. The fourth-order valence-corrected chi connectivity index (χ4v) is 3.03. The summed E-state index contributed by atoms with van der Waals surface area (Å²) in [5, 5.41) is 28.8. The number of carbonyl (C=O) groups excluding carboxylic acids is 1. The number of nitrogens with one attached hydrogen (secondary N) is 2. The molecule has 0 fully saturated rings. The van der Waals surface area contributed by atoms with Crippen LogP contribution in [0.3, 0.4) is 0 Å². The van der Waals surface area contributed by atoms with Crippen molar-refractivity contribution in [3.8, 4) is 17.0 Å². The van der Waals surface area contributed by atoms with E-state index in [1.807, 2.05) is 17.5 Å². The Bertz CT molecular complexity index is 967. The van der Waals surface area contributed by atoms with Crippen LogP contribution in [0.5, 0.6) is 5.75 Å². The number of amides is 1. The highest BCUT2D eigenvalue weighted by atomic mass is 32.1. The Morgan fingerprint density at radius 1 is 1.12 bits per heavy atom. The Balaban J connectivity index is 1.74. The fraction of sp³-hybridized carbons (Fsp3) is 0.0556. The van der Waals surface area contributed by atoms with Crippen molar-refractivity contribution in [3.63, 3.8) is 0 Å². The molecule has 0 aliphatic rings. The summed E-state index contributed by atoms with van der Waals surface area (Å²) in [5.41, 5.74) is 2.54. The molecule has 0 spiro atoms. The van der Waals surface area contributed by atoms with Gasteiger partial charge in [0.25, 0.3) is 0 Å². The molecule has 3 aromatic rings. The van der Waals surface area contributed by atoms with Gasteiger partial charge in [0.15, 0.2) is 5.13 Å². The van der Waals surface area contributed by atoms with Gasteiger partial charge in [0, 0.05) is 29.2 Å². The minimum Gasteiger partial charge on any atom is -0.872 e. The first kappa shape index (κ1) is 17.4. The predicted molar refractivity (Wildman–Crippen MR) is 98.0 cm³/mol. The molecule has 3 N–H and O–H groups in total. The van der Waals surface area contributed by atoms with Gasteiger partial charge in [-0.05, 0) is 30.3 Å². The molecule has 3 rings (SSSR count). The second-order valence-corrected chi connectivity index (χ2v) is 6.30. The first-order chi connectivity index (χ1) is 12.4. The van der Waals surface area contributed by atoms with E-state index in [0.717, 1.165) is 11.3 Å². The van der Waals surface area contributed by atoms with Gasteiger partial charge >= 0.3 is 5.97 Å². The van der Waals surface area contributed by atoms with E-state index in [9.17, 15) is 14.7 Å². The van der Waals surface area contributed by atoms with Crippen molar-refractivity contribution in [2.45, 2.75) is 6.92 Å². The predicted octanol–water partition coefficient (Wildman–Crippen LogP) is 3.28. The molecule has 1 heterocycles. The van der Waals surface area contributed by atoms with E-state index in [4.69, 9.17) is 5.11 Å². The molecule has 0 radical (unpaired) electrons. The minimum atomic E-state index is -1.25. The van der Waals surface area contributed by atoms with Crippen LogP contribution in [-0.4, -0.2) is 22.0 Å². The largest absolute Gasteiger partial charge is 0.872 e. The zero-order valence-corrected chi connectivity index (χ0v) is 14.5. The summed E-state index contributed by atoms with van der Waals surface area (Å²) in [7, 11) is 0. The second kappa shape index (κ2) is 7.24. The first-order valence-electron chi connectivity index (χ1n) is 7.57. The van der Waals surface area contributed by atoms with Gasteiger partial charge in [-0.15, -0.1) is 11.3 Å². The average molecular weight is 368 g/mol. The van der Waals surface area contributed by atoms with Crippen molar-refractivity contribution in [1.82, 2.24) is 4.98 Å². The number of carboxylic acid groups (broad SMARTS) is 1. The highest BCUT2D eigenvalue weighted by molar-refractivity contribution is 7.14. The maximum Gasteiger partial charge on any atom is 0.335 e. The van der Waals surface area contributed by atoms with Gasteiger partial charge in [0.1, 0.15) is 0 Å². The maximum absolute atomic E-state index is 11.7. The number of hydrogen-bond donors (Lipinski definition) is 3. The summed E-state index contributed by atoms with van der Waals surface area (Å²) in [6.45, 7) is 1.45. The molecule has 1 aromatic heterocycles. The molecular formula is C18H14N3O4S-. The van der Waals surface area contributed by atoms with E-state index in [2.05, 4.69) is 15.6 Å². The van der Waals surface area contributed by atoms with E-state index >= 15 is 0 Å². The molecule has 0 bridgehead atoms. The van der Waals surface area contributed by atoms with Crippen LogP contribution in [0.4, 0.5) is 16.5 Å². The Morgan fingerprint density at radius 2 is 1.81 bits per heavy atom. The molecule has 0 aliphatic carbocycles. The van der Waals surface area contributed by atoms with Crippen LogP contribution < -0.4 is 15.7 Å². The maximum atomic E-state index is 11.7. The topological polar surface area (TPSA) is 114 Å². The zero-order chi connectivity index (χ0) is 18.7. The Hall–Kier alpha value is -3.39. The summed E-state index contributed by atoms with van der Waals surface area (Å²) in [6, 6.07) is 11.3. The quantitative estimate of drug-likeness (QED) is 0.637. The third-order valence-corrected chi connectivity index (χ3v) is 4.23. The monoisotopic (exact) mass is 368 g/mol. The van der Waals surface area contributed by atoms with E-state index in [-0.39, 0.29) is 11.5 Å². The highest BCUT2D eigenvalue weighted by Crippen LogP contribution is 2.29. The van der Waals surface area contributed by atoms with Crippen LogP contribution in [0.25, 0.3) is 11.3 Å². The molecule has 0 saturated carbocycles. The molecule has 1 amide bonds. The van der Waals surface area contributed by atoms with Crippen molar-refractivity contribution >= 4 is 39.7 Å². The standard InChI is InChI=1S/C18H15N3O4S/c1-10(22)19-12-4-2-11(3-5-12)15-9-26-18(21-15)20-13-6-7-14(17(24)25)16(23)8-13/h2-9,23H,1H3,(H,19,22)(H,20,21)(H,24,25)/p-1. The number of rotatable bonds is 5. The van der Waals surface area contributed by atoms with Crippen molar-refractivity contribution in [2.75, 3.05) is 10.6 Å². The van der Waals surface area contributed by atoms with Crippen molar-refractivity contribution in [3.05, 3.63) is 53.4 Å². The molecule has 0 unspecified atom stereocenters. The number of benzene rings is 2.